The van der Waals surface area contributed by atoms with E-state index < -0.39 is 21.5 Å². The molecule has 0 aromatic heterocycles. The third-order valence-corrected chi connectivity index (χ3v) is 4.46. The van der Waals surface area contributed by atoms with E-state index in [1.165, 1.54) is 6.08 Å². The molecule has 21 heavy (non-hydrogen) atoms. The number of aliphatic carboxylic acids is 1. The molecule has 1 atom stereocenters. The van der Waals surface area contributed by atoms with Crippen molar-refractivity contribution in [2.75, 3.05) is 13.2 Å². The molecule has 0 amide bonds. The van der Waals surface area contributed by atoms with Crippen molar-refractivity contribution >= 4 is 33.7 Å². The van der Waals surface area contributed by atoms with Gasteiger partial charge in [-0.3, -0.25) is 4.79 Å². The molecule has 1 aromatic carbocycles. The second-order valence-corrected chi connectivity index (χ2v) is 6.70. The Kier molecular flexibility index (Phi) is 4.67. The van der Waals surface area contributed by atoms with Crippen molar-refractivity contribution in [2.45, 2.75) is 12.0 Å². The van der Waals surface area contributed by atoms with Crippen molar-refractivity contribution in [3.05, 3.63) is 40.3 Å². The van der Waals surface area contributed by atoms with Crippen molar-refractivity contribution in [1.29, 1.82) is 0 Å². The highest BCUT2D eigenvalue weighted by Crippen LogP contribution is 2.21. The van der Waals surface area contributed by atoms with E-state index in [4.69, 9.17) is 16.3 Å². The molecule has 0 radical (unpaired) electrons. The lowest BCUT2D eigenvalue weighted by Gasteiger charge is -2.22. The molecule has 1 heterocycles. The van der Waals surface area contributed by atoms with E-state index in [0.717, 1.165) is 5.41 Å². The number of rotatable bonds is 5. The third kappa shape index (κ3) is 4.04. The Balaban J connectivity index is 2.17. The van der Waals surface area contributed by atoms with E-state index in [1.54, 1.807) is 24.3 Å². The fourth-order valence-electron chi connectivity index (χ4n) is 1.94. The van der Waals surface area contributed by atoms with Gasteiger partial charge in [-0.1, -0.05) is 23.7 Å². The predicted octanol–water partition coefficient (Wildman–Crippen LogP) is 1.47. The number of carbonyl (C=O) groups is 1. The summed E-state index contributed by atoms with van der Waals surface area (Å²) in [6.45, 7) is 0.0133. The topological polar surface area (TPSA) is 92.7 Å². The number of sulfonamides is 1. The van der Waals surface area contributed by atoms with Crippen LogP contribution in [0.2, 0.25) is 5.02 Å². The highest BCUT2D eigenvalue weighted by molar-refractivity contribution is 7.92. The summed E-state index contributed by atoms with van der Waals surface area (Å²) in [5, 5.41) is 10.6. The van der Waals surface area contributed by atoms with Crippen LogP contribution in [0.5, 0.6) is 0 Å². The number of halogens is 1. The molecule has 2 rings (SSSR count). The molecule has 1 unspecified atom stereocenters. The molecule has 0 spiro atoms. The summed E-state index contributed by atoms with van der Waals surface area (Å²) in [6, 6.07) is 6.63. The summed E-state index contributed by atoms with van der Waals surface area (Å²) < 4.78 is 31.2. The van der Waals surface area contributed by atoms with E-state index >= 15 is 0 Å². The van der Waals surface area contributed by atoms with Gasteiger partial charge in [-0.25, -0.2) is 8.42 Å². The minimum absolute atomic E-state index is 0.0898. The van der Waals surface area contributed by atoms with Gasteiger partial charge in [0.2, 0.25) is 10.0 Å². The lowest BCUT2D eigenvalue weighted by atomic mass is 10.0. The predicted molar refractivity (Wildman–Crippen MR) is 78.3 cm³/mol. The summed E-state index contributed by atoms with van der Waals surface area (Å²) >= 11 is 5.80. The maximum atomic E-state index is 12.0. The zero-order valence-electron chi connectivity index (χ0n) is 11.0. The van der Waals surface area contributed by atoms with Gasteiger partial charge in [-0.05, 0) is 23.8 Å². The Bertz CT molecular complexity index is 665. The van der Waals surface area contributed by atoms with E-state index in [1.807, 2.05) is 0 Å². The van der Waals surface area contributed by atoms with Gasteiger partial charge in [0.1, 0.15) is 0 Å². The Labute approximate surface area is 127 Å². The normalized spacial score (nSPS) is 22.7. The zero-order chi connectivity index (χ0) is 15.5. The Morgan fingerprint density at radius 3 is 2.81 bits per heavy atom. The average Bonchev–Trinajstić information content (AvgIpc) is 2.86. The van der Waals surface area contributed by atoms with Gasteiger partial charge in [0.05, 0.1) is 6.61 Å². The van der Waals surface area contributed by atoms with Crippen molar-refractivity contribution in [1.82, 2.24) is 4.72 Å². The lowest BCUT2D eigenvalue weighted by molar-refractivity contribution is -0.144. The fraction of sp³-hybridized carbons (Fsp3) is 0.308. The van der Waals surface area contributed by atoms with Crippen molar-refractivity contribution in [3.63, 3.8) is 0 Å². The minimum atomic E-state index is -3.91. The van der Waals surface area contributed by atoms with E-state index in [-0.39, 0.29) is 19.6 Å². The van der Waals surface area contributed by atoms with Crippen LogP contribution in [0.3, 0.4) is 0 Å². The molecule has 1 fully saturated rings. The van der Waals surface area contributed by atoms with Gasteiger partial charge in [0, 0.05) is 23.5 Å². The maximum absolute atomic E-state index is 12.0. The van der Waals surface area contributed by atoms with Crippen LogP contribution in [0.15, 0.2) is 29.7 Å². The van der Waals surface area contributed by atoms with Crippen LogP contribution in [0.25, 0.3) is 6.08 Å². The molecule has 1 aromatic rings. The van der Waals surface area contributed by atoms with Gasteiger partial charge in [0.25, 0.3) is 0 Å². The molecule has 8 heteroatoms. The number of carboxylic acids is 1. The summed E-state index contributed by atoms with van der Waals surface area (Å²) in [7, 11) is -3.91. The molecule has 1 saturated heterocycles. The minimum Gasteiger partial charge on any atom is -0.480 e. The highest BCUT2D eigenvalue weighted by atomic mass is 35.5. The molecule has 6 nitrogen and oxygen atoms in total. The number of benzene rings is 1. The summed E-state index contributed by atoms with van der Waals surface area (Å²) in [4.78, 5) is 11.3. The van der Waals surface area contributed by atoms with Gasteiger partial charge in [-0.2, -0.15) is 4.72 Å². The van der Waals surface area contributed by atoms with E-state index in [0.29, 0.717) is 10.6 Å². The maximum Gasteiger partial charge on any atom is 0.327 e. The highest BCUT2D eigenvalue weighted by Gasteiger charge is 2.45. The first-order valence-electron chi connectivity index (χ1n) is 6.12. The summed E-state index contributed by atoms with van der Waals surface area (Å²) in [5.74, 6) is -1.25. The molecule has 2 N–H and O–H groups in total. The lowest BCUT2D eigenvalue weighted by Crippen LogP contribution is -2.54. The SMILES string of the molecule is O=C(O)C1(NS(=O)(=O)/C=C/c2cccc(Cl)c2)CCOC1. The molecular formula is C13H14ClNO5S. The number of hydrogen-bond acceptors (Lipinski definition) is 4. The number of ether oxygens (including phenoxy) is 1. The molecule has 0 aliphatic carbocycles. The van der Waals surface area contributed by atoms with Crippen LogP contribution in [0, 0.1) is 0 Å². The number of carboxylic acid groups (broad SMARTS) is 1. The van der Waals surface area contributed by atoms with Crippen molar-refractivity contribution < 1.29 is 23.1 Å². The van der Waals surface area contributed by atoms with Crippen molar-refractivity contribution in [2.24, 2.45) is 0 Å². The van der Waals surface area contributed by atoms with Gasteiger partial charge >= 0.3 is 5.97 Å². The molecule has 1 aliphatic rings. The average molecular weight is 332 g/mol. The fourth-order valence-corrected chi connectivity index (χ4v) is 3.34. The summed E-state index contributed by atoms with van der Waals surface area (Å²) in [5.41, 5.74) is -1.00. The van der Waals surface area contributed by atoms with Crippen molar-refractivity contribution in [3.8, 4) is 0 Å². The van der Waals surface area contributed by atoms with Crippen LogP contribution >= 0.6 is 11.6 Å². The Morgan fingerprint density at radius 1 is 1.48 bits per heavy atom. The molecule has 114 valence electrons. The van der Waals surface area contributed by atoms with E-state index in [9.17, 15) is 18.3 Å². The Morgan fingerprint density at radius 2 is 2.24 bits per heavy atom. The largest absolute Gasteiger partial charge is 0.480 e. The van der Waals surface area contributed by atoms with Crippen LogP contribution < -0.4 is 4.72 Å². The number of nitrogens with one attached hydrogen (secondary N) is 1. The summed E-state index contributed by atoms with van der Waals surface area (Å²) in [6.07, 6.45) is 1.44. The second-order valence-electron chi connectivity index (χ2n) is 4.69. The number of hydrogen-bond donors (Lipinski definition) is 2. The van der Waals surface area contributed by atoms with Crippen LogP contribution in [0.4, 0.5) is 0 Å². The first-order valence-corrected chi connectivity index (χ1v) is 8.04. The monoisotopic (exact) mass is 331 g/mol. The zero-order valence-corrected chi connectivity index (χ0v) is 12.5. The van der Waals surface area contributed by atoms with Crippen LogP contribution in [-0.4, -0.2) is 38.2 Å². The smallest absolute Gasteiger partial charge is 0.327 e. The standard InChI is InChI=1S/C13H14ClNO5S/c14-11-3-1-2-10(8-11)4-7-21(18,19)15-13(12(16)17)5-6-20-9-13/h1-4,7-8,15H,5-6,9H2,(H,16,17)/b7-4+. The van der Waals surface area contributed by atoms with Crippen LogP contribution in [-0.2, 0) is 19.6 Å². The first kappa shape index (κ1) is 16.0. The molecule has 1 aliphatic heterocycles. The molecular weight excluding hydrogens is 318 g/mol. The third-order valence-electron chi connectivity index (χ3n) is 3.06. The molecule has 0 saturated carbocycles. The molecule has 0 bridgehead atoms. The second kappa shape index (κ2) is 6.15. The van der Waals surface area contributed by atoms with Crippen LogP contribution in [0.1, 0.15) is 12.0 Å². The quantitative estimate of drug-likeness (QED) is 0.852. The first-order chi connectivity index (χ1) is 9.83. The van der Waals surface area contributed by atoms with Gasteiger partial charge in [-0.15, -0.1) is 0 Å². The van der Waals surface area contributed by atoms with E-state index in [2.05, 4.69) is 4.72 Å². The Hall–Kier alpha value is -1.41. The van der Waals surface area contributed by atoms with Gasteiger partial charge < -0.3 is 9.84 Å². The van der Waals surface area contributed by atoms with Gasteiger partial charge in [0.15, 0.2) is 5.54 Å².